The van der Waals surface area contributed by atoms with Gasteiger partial charge in [-0.3, -0.25) is 0 Å². The number of nitrogens with one attached hydrogen (secondary N) is 2. The van der Waals surface area contributed by atoms with Crippen LogP contribution in [0.4, 0.5) is 0 Å². The maximum Gasteiger partial charge on any atom is 0.241 e. The van der Waals surface area contributed by atoms with E-state index in [0.29, 0.717) is 16.7 Å². The van der Waals surface area contributed by atoms with Crippen molar-refractivity contribution in [1.82, 2.24) is 10.0 Å². The van der Waals surface area contributed by atoms with E-state index in [2.05, 4.69) is 16.3 Å². The van der Waals surface area contributed by atoms with E-state index >= 15 is 0 Å². The molecule has 2 atom stereocenters. The Morgan fingerprint density at radius 3 is 2.95 bits per heavy atom. The molecule has 0 spiro atoms. The average Bonchev–Trinajstić information content (AvgIpc) is 2.88. The molecule has 0 amide bonds. The zero-order chi connectivity index (χ0) is 14.6. The van der Waals surface area contributed by atoms with Crippen LogP contribution in [0.15, 0.2) is 16.3 Å². The van der Waals surface area contributed by atoms with Crippen molar-refractivity contribution in [2.45, 2.75) is 48.4 Å². The number of thioether (sulfide) groups is 1. The highest BCUT2D eigenvalue weighted by molar-refractivity contribution is 7.99. The van der Waals surface area contributed by atoms with Crippen LogP contribution in [0.2, 0.25) is 0 Å². The third-order valence-corrected chi connectivity index (χ3v) is 7.36. The smallest absolute Gasteiger partial charge is 0.241 e. The van der Waals surface area contributed by atoms with Gasteiger partial charge in [-0.25, -0.2) is 13.1 Å². The van der Waals surface area contributed by atoms with Gasteiger partial charge in [0.25, 0.3) is 0 Å². The fourth-order valence-electron chi connectivity index (χ4n) is 2.61. The summed E-state index contributed by atoms with van der Waals surface area (Å²) >= 11 is 3.32. The molecule has 1 aromatic rings. The summed E-state index contributed by atoms with van der Waals surface area (Å²) < 4.78 is 27.9. The van der Waals surface area contributed by atoms with Crippen molar-refractivity contribution in [2.75, 3.05) is 13.3 Å². The molecule has 114 valence electrons. The molecule has 1 fully saturated rings. The molecule has 4 nitrogen and oxygen atoms in total. The van der Waals surface area contributed by atoms with E-state index in [1.807, 2.05) is 24.2 Å². The molecule has 1 aliphatic carbocycles. The molecule has 2 N–H and O–H groups in total. The molecule has 0 bridgehead atoms. The quantitative estimate of drug-likeness (QED) is 0.839. The van der Waals surface area contributed by atoms with Gasteiger partial charge in [0.2, 0.25) is 10.0 Å². The Balaban J connectivity index is 2.08. The highest BCUT2D eigenvalue weighted by Crippen LogP contribution is 2.29. The summed E-state index contributed by atoms with van der Waals surface area (Å²) in [5.74, 6) is 0. The van der Waals surface area contributed by atoms with Gasteiger partial charge in [-0.15, -0.1) is 11.3 Å². The maximum atomic E-state index is 12.5. The fourth-order valence-corrected chi connectivity index (χ4v) is 6.17. The van der Waals surface area contributed by atoms with Crippen LogP contribution < -0.4 is 10.0 Å². The third kappa shape index (κ3) is 3.98. The lowest BCUT2D eigenvalue weighted by molar-refractivity contribution is 0.420. The first-order chi connectivity index (χ1) is 9.56. The van der Waals surface area contributed by atoms with Crippen LogP contribution in [0.5, 0.6) is 0 Å². The van der Waals surface area contributed by atoms with Gasteiger partial charge < -0.3 is 5.32 Å². The monoisotopic (exact) mass is 334 g/mol. The summed E-state index contributed by atoms with van der Waals surface area (Å²) in [6.45, 7) is 0.589. The Labute approximate surface area is 129 Å². The summed E-state index contributed by atoms with van der Waals surface area (Å²) in [5.41, 5.74) is 0. The first kappa shape index (κ1) is 16.3. The van der Waals surface area contributed by atoms with Crippen molar-refractivity contribution in [3.63, 3.8) is 0 Å². The average molecular weight is 335 g/mol. The molecule has 0 aromatic carbocycles. The first-order valence-corrected chi connectivity index (χ1v) is 10.5. The molecule has 7 heteroatoms. The molecule has 1 heterocycles. The topological polar surface area (TPSA) is 58.2 Å². The summed E-state index contributed by atoms with van der Waals surface area (Å²) in [4.78, 5) is 1.31. The molecule has 0 radical (unpaired) electrons. The van der Waals surface area contributed by atoms with Gasteiger partial charge in [-0.1, -0.05) is 6.42 Å². The third-order valence-electron chi connectivity index (χ3n) is 3.61. The summed E-state index contributed by atoms with van der Waals surface area (Å²) in [5, 5.41) is 5.44. The Bertz CT molecular complexity index is 527. The van der Waals surface area contributed by atoms with Crippen molar-refractivity contribution >= 4 is 33.1 Å². The lowest BCUT2D eigenvalue weighted by Crippen LogP contribution is -2.39. The Hall–Kier alpha value is -0.0800. The van der Waals surface area contributed by atoms with Crippen LogP contribution in [0, 0.1) is 0 Å². The SMILES string of the molecule is CNCc1sccc1S(=O)(=O)NC1CCCC(SC)C1. The van der Waals surface area contributed by atoms with Gasteiger partial charge in [0.05, 0.1) is 4.90 Å². The lowest BCUT2D eigenvalue weighted by atomic mass is 9.96. The Kier molecular flexibility index (Phi) is 5.92. The van der Waals surface area contributed by atoms with E-state index in [1.54, 1.807) is 6.07 Å². The number of rotatable bonds is 6. The van der Waals surface area contributed by atoms with Gasteiger partial charge >= 0.3 is 0 Å². The number of thiophene rings is 1. The van der Waals surface area contributed by atoms with E-state index in [0.717, 1.165) is 24.1 Å². The van der Waals surface area contributed by atoms with Crippen LogP contribution in [-0.2, 0) is 16.6 Å². The van der Waals surface area contributed by atoms with Crippen molar-refractivity contribution in [2.24, 2.45) is 0 Å². The van der Waals surface area contributed by atoms with E-state index in [4.69, 9.17) is 0 Å². The van der Waals surface area contributed by atoms with Crippen molar-refractivity contribution in [3.8, 4) is 0 Å². The highest BCUT2D eigenvalue weighted by atomic mass is 32.2. The minimum atomic E-state index is -3.39. The van der Waals surface area contributed by atoms with Crippen LogP contribution >= 0.6 is 23.1 Å². The molecule has 0 saturated heterocycles. The van der Waals surface area contributed by atoms with Gasteiger partial charge in [0.15, 0.2) is 0 Å². The summed E-state index contributed by atoms with van der Waals surface area (Å²) in [6.07, 6.45) is 6.29. The zero-order valence-electron chi connectivity index (χ0n) is 11.9. The Morgan fingerprint density at radius 1 is 1.45 bits per heavy atom. The van der Waals surface area contributed by atoms with Gasteiger partial charge in [0.1, 0.15) is 0 Å². The molecule has 1 saturated carbocycles. The van der Waals surface area contributed by atoms with Gasteiger partial charge in [-0.2, -0.15) is 11.8 Å². The second kappa shape index (κ2) is 7.26. The molecule has 1 aliphatic rings. The lowest BCUT2D eigenvalue weighted by Gasteiger charge is -2.28. The maximum absolute atomic E-state index is 12.5. The van der Waals surface area contributed by atoms with Crippen molar-refractivity contribution < 1.29 is 8.42 Å². The summed E-state index contributed by atoms with van der Waals surface area (Å²) in [6, 6.07) is 1.78. The van der Waals surface area contributed by atoms with Crippen LogP contribution in [-0.4, -0.2) is 33.0 Å². The molecular formula is C13H22N2O2S3. The van der Waals surface area contributed by atoms with E-state index in [1.165, 1.54) is 17.8 Å². The van der Waals surface area contributed by atoms with E-state index in [9.17, 15) is 8.42 Å². The number of hydrogen-bond acceptors (Lipinski definition) is 5. The van der Waals surface area contributed by atoms with Crippen molar-refractivity contribution in [1.29, 1.82) is 0 Å². The molecule has 0 aliphatic heterocycles. The second-order valence-corrected chi connectivity index (χ2v) is 8.90. The molecule has 1 aromatic heterocycles. The van der Waals surface area contributed by atoms with Crippen LogP contribution in [0.25, 0.3) is 0 Å². The summed E-state index contributed by atoms with van der Waals surface area (Å²) in [7, 11) is -1.56. The van der Waals surface area contributed by atoms with E-state index in [-0.39, 0.29) is 6.04 Å². The largest absolute Gasteiger partial charge is 0.315 e. The molecular weight excluding hydrogens is 312 g/mol. The Morgan fingerprint density at radius 2 is 2.25 bits per heavy atom. The fraction of sp³-hybridized carbons (Fsp3) is 0.692. The van der Waals surface area contributed by atoms with Crippen molar-refractivity contribution in [3.05, 3.63) is 16.3 Å². The zero-order valence-corrected chi connectivity index (χ0v) is 14.3. The molecule has 20 heavy (non-hydrogen) atoms. The predicted octanol–water partition coefficient (Wildman–Crippen LogP) is 2.42. The highest BCUT2D eigenvalue weighted by Gasteiger charge is 2.27. The van der Waals surface area contributed by atoms with Crippen LogP contribution in [0.3, 0.4) is 0 Å². The standard InChI is InChI=1S/C13H22N2O2S3/c1-14-9-12-13(6-7-19-12)20(16,17)15-10-4-3-5-11(8-10)18-2/h6-7,10-11,14-15H,3-5,8-9H2,1-2H3. The molecule has 2 unspecified atom stereocenters. The second-order valence-electron chi connectivity index (χ2n) is 5.08. The normalized spacial score (nSPS) is 23.9. The van der Waals surface area contributed by atoms with Gasteiger partial charge in [0, 0.05) is 22.7 Å². The van der Waals surface area contributed by atoms with E-state index < -0.39 is 10.0 Å². The minimum Gasteiger partial charge on any atom is -0.315 e. The van der Waals surface area contributed by atoms with Crippen LogP contribution in [0.1, 0.15) is 30.6 Å². The molecule has 2 rings (SSSR count). The predicted molar refractivity (Wildman–Crippen MR) is 87.0 cm³/mol. The number of sulfonamides is 1. The first-order valence-electron chi connectivity index (χ1n) is 6.83. The van der Waals surface area contributed by atoms with Gasteiger partial charge in [-0.05, 0) is 44.0 Å². The minimum absolute atomic E-state index is 0.0773. The number of hydrogen-bond donors (Lipinski definition) is 2.